The van der Waals surface area contributed by atoms with Gasteiger partial charge in [-0.3, -0.25) is 5.43 Å². The Morgan fingerprint density at radius 3 is 2.50 bits per heavy atom. The van der Waals surface area contributed by atoms with Crippen LogP contribution in [0.15, 0.2) is 116 Å². The maximum Gasteiger partial charge on any atom is 0.159 e. The summed E-state index contributed by atoms with van der Waals surface area (Å²) in [7, 11) is 0. The summed E-state index contributed by atoms with van der Waals surface area (Å²) in [4.78, 5) is 4.66. The summed E-state index contributed by atoms with van der Waals surface area (Å²) in [6.45, 7) is 7.80. The molecule has 5 nitrogen and oxygen atoms in total. The Balaban J connectivity index is 1.19. The van der Waals surface area contributed by atoms with Gasteiger partial charge in [-0.25, -0.2) is 9.66 Å². The predicted octanol–water partition coefficient (Wildman–Crippen LogP) is 8.54. The largest absolute Gasteiger partial charge is 0.312 e. The average Bonchev–Trinajstić information content (AvgIpc) is 3.34. The third-order valence-corrected chi connectivity index (χ3v) is 8.05. The van der Waals surface area contributed by atoms with Gasteiger partial charge < -0.3 is 9.88 Å². The molecule has 0 saturated heterocycles. The lowest BCUT2D eigenvalue weighted by Gasteiger charge is -2.14. The molecule has 42 heavy (non-hydrogen) atoms. The molecule has 0 aliphatic carbocycles. The summed E-state index contributed by atoms with van der Waals surface area (Å²) in [5.41, 5.74) is 15.2. The molecule has 0 radical (unpaired) electrons. The van der Waals surface area contributed by atoms with Gasteiger partial charge in [0.25, 0.3) is 0 Å². The molecule has 6 aromatic rings. The maximum absolute atomic E-state index is 4.66. The quantitative estimate of drug-likeness (QED) is 0.197. The number of hydrogen-bond donors (Lipinski definition) is 2. The van der Waals surface area contributed by atoms with Crippen LogP contribution in [0.25, 0.3) is 50.9 Å². The van der Waals surface area contributed by atoms with Crippen molar-refractivity contribution < 1.29 is 0 Å². The minimum Gasteiger partial charge on any atom is -0.312 e. The van der Waals surface area contributed by atoms with Crippen molar-refractivity contribution in [3.8, 4) is 16.8 Å². The van der Waals surface area contributed by atoms with Gasteiger partial charge in [-0.15, -0.1) is 6.58 Å². The molecule has 3 aromatic carbocycles. The van der Waals surface area contributed by atoms with Gasteiger partial charge in [0.2, 0.25) is 0 Å². The third-order valence-electron chi connectivity index (χ3n) is 8.05. The molecular weight excluding hydrogens is 514 g/mol. The van der Waals surface area contributed by atoms with E-state index in [0.29, 0.717) is 0 Å². The normalized spacial score (nSPS) is 13.1. The van der Waals surface area contributed by atoms with Gasteiger partial charge in [-0.1, -0.05) is 66.8 Å². The lowest BCUT2D eigenvalue weighted by atomic mass is 10.0. The monoisotopic (exact) mass is 547 g/mol. The number of nitrogens with one attached hydrogen (secondary N) is 2. The fraction of sp³-hybridized carbons (Fsp3) is 0.108. The van der Waals surface area contributed by atoms with Gasteiger partial charge >= 0.3 is 0 Å². The number of para-hydroxylation sites is 1. The summed E-state index contributed by atoms with van der Waals surface area (Å²) in [5.74, 6) is 0. The van der Waals surface area contributed by atoms with Crippen LogP contribution in [0.3, 0.4) is 0 Å². The van der Waals surface area contributed by atoms with E-state index < -0.39 is 0 Å². The molecular formula is C37H33N5. The molecule has 7 rings (SSSR count). The second-order valence-electron chi connectivity index (χ2n) is 10.6. The van der Waals surface area contributed by atoms with E-state index in [4.69, 9.17) is 0 Å². The minimum absolute atomic E-state index is 0.830. The Morgan fingerprint density at radius 1 is 0.929 bits per heavy atom. The van der Waals surface area contributed by atoms with E-state index in [2.05, 4.69) is 142 Å². The number of benzene rings is 3. The van der Waals surface area contributed by atoms with Crippen molar-refractivity contribution in [2.75, 3.05) is 12.0 Å². The van der Waals surface area contributed by atoms with Crippen molar-refractivity contribution in [3.63, 3.8) is 0 Å². The van der Waals surface area contributed by atoms with Gasteiger partial charge in [0.1, 0.15) is 0 Å². The molecule has 2 N–H and O–H groups in total. The number of allylic oxidation sites excluding steroid dienone is 2. The van der Waals surface area contributed by atoms with Crippen molar-refractivity contribution in [1.29, 1.82) is 0 Å². The molecule has 0 fully saturated rings. The number of hydrogen-bond acceptors (Lipinski definition) is 3. The Bertz CT molecular complexity index is 1910. The van der Waals surface area contributed by atoms with Crippen LogP contribution in [-0.4, -0.2) is 20.8 Å². The van der Waals surface area contributed by atoms with Crippen molar-refractivity contribution >= 4 is 39.8 Å². The lowest BCUT2D eigenvalue weighted by Crippen LogP contribution is -2.15. The van der Waals surface area contributed by atoms with E-state index >= 15 is 0 Å². The fourth-order valence-electron chi connectivity index (χ4n) is 5.98. The molecule has 0 saturated carbocycles. The smallest absolute Gasteiger partial charge is 0.159 e. The van der Waals surface area contributed by atoms with Crippen LogP contribution in [0.5, 0.6) is 0 Å². The van der Waals surface area contributed by atoms with Crippen molar-refractivity contribution in [3.05, 3.63) is 138 Å². The third kappa shape index (κ3) is 4.54. The van der Waals surface area contributed by atoms with Crippen LogP contribution in [-0.2, 0) is 6.54 Å². The topological polar surface area (TPSA) is 46.8 Å². The van der Waals surface area contributed by atoms with Gasteiger partial charge in [0, 0.05) is 52.7 Å². The zero-order valence-corrected chi connectivity index (χ0v) is 23.7. The lowest BCUT2D eigenvalue weighted by molar-refractivity contribution is 0.728. The van der Waals surface area contributed by atoms with Crippen molar-refractivity contribution in [1.82, 2.24) is 19.5 Å². The van der Waals surface area contributed by atoms with E-state index in [-0.39, 0.29) is 0 Å². The van der Waals surface area contributed by atoms with Gasteiger partial charge in [-0.05, 0) is 78.6 Å². The summed E-state index contributed by atoms with van der Waals surface area (Å²) >= 11 is 0. The molecule has 0 spiro atoms. The first-order valence-corrected chi connectivity index (χ1v) is 14.4. The highest BCUT2D eigenvalue weighted by molar-refractivity contribution is 6.06. The number of fused-ring (bicyclic) bond motifs is 4. The summed E-state index contributed by atoms with van der Waals surface area (Å²) < 4.78 is 4.46. The minimum atomic E-state index is 0.830. The van der Waals surface area contributed by atoms with E-state index in [0.717, 1.165) is 47.4 Å². The van der Waals surface area contributed by atoms with Crippen molar-refractivity contribution in [2.45, 2.75) is 19.9 Å². The maximum atomic E-state index is 4.66. The first-order chi connectivity index (χ1) is 20.7. The molecule has 206 valence electrons. The van der Waals surface area contributed by atoms with Crippen LogP contribution < -0.4 is 10.7 Å². The average molecular weight is 548 g/mol. The molecule has 0 bridgehead atoms. The molecule has 0 unspecified atom stereocenters. The molecule has 5 heteroatoms. The van der Waals surface area contributed by atoms with Crippen LogP contribution in [0.2, 0.25) is 0 Å². The second-order valence-corrected chi connectivity index (χ2v) is 10.6. The summed E-state index contributed by atoms with van der Waals surface area (Å²) in [5, 5.41) is 5.86. The highest BCUT2D eigenvalue weighted by Crippen LogP contribution is 2.32. The SMILES string of the molecule is C=CC/C=C\c1c(C)c2c(n1-c1ccc(-c3ccc(Nn4c5ccccc5c5cccnc54)cc3)cc1)CNCC=C2. The van der Waals surface area contributed by atoms with Crippen LogP contribution in [0.1, 0.15) is 28.9 Å². The standard InChI is InChI=1S/C37H33N5/c1-3-4-5-13-34-26(2)31-11-8-23-38-25-36(31)41(34)30-21-17-28(18-22-30)27-15-19-29(20-16-27)40-42-35-14-7-6-10-32(35)33-12-9-24-39-37(33)42/h3,5-22,24,38,40H,1,4,23,25H2,2H3/b13-5-. The Morgan fingerprint density at radius 2 is 1.69 bits per heavy atom. The molecule has 0 amide bonds. The summed E-state index contributed by atoms with van der Waals surface area (Å²) in [6, 6.07) is 30.0. The highest BCUT2D eigenvalue weighted by atomic mass is 15.4. The van der Waals surface area contributed by atoms with Crippen LogP contribution in [0.4, 0.5) is 5.69 Å². The van der Waals surface area contributed by atoms with E-state index in [9.17, 15) is 0 Å². The Labute approximate surface area is 246 Å². The zero-order valence-electron chi connectivity index (χ0n) is 23.7. The fourth-order valence-corrected chi connectivity index (χ4v) is 5.98. The van der Waals surface area contributed by atoms with Crippen LogP contribution >= 0.6 is 0 Å². The number of nitrogens with zero attached hydrogens (tertiary/aromatic N) is 3. The number of pyridine rings is 1. The van der Waals surface area contributed by atoms with Gasteiger partial charge in [-0.2, -0.15) is 0 Å². The van der Waals surface area contributed by atoms with E-state index in [1.807, 2.05) is 18.3 Å². The van der Waals surface area contributed by atoms with Gasteiger partial charge in [0.15, 0.2) is 5.65 Å². The number of aromatic nitrogens is 3. The number of rotatable bonds is 7. The Hall–Kier alpha value is -5.13. The summed E-state index contributed by atoms with van der Waals surface area (Å²) in [6.07, 6.45) is 13.5. The molecule has 1 aliphatic heterocycles. The first-order valence-electron chi connectivity index (χ1n) is 14.4. The van der Waals surface area contributed by atoms with Crippen LogP contribution in [0, 0.1) is 6.92 Å². The number of anilines is 1. The molecule has 0 atom stereocenters. The predicted molar refractivity (Wildman–Crippen MR) is 177 cm³/mol. The van der Waals surface area contributed by atoms with Crippen molar-refractivity contribution in [2.24, 2.45) is 0 Å². The molecule has 3 aromatic heterocycles. The highest BCUT2D eigenvalue weighted by Gasteiger charge is 2.19. The second kappa shape index (κ2) is 11.0. The van der Waals surface area contributed by atoms with Gasteiger partial charge in [0.05, 0.1) is 11.2 Å². The van der Waals surface area contributed by atoms with E-state index in [1.54, 1.807) is 0 Å². The molecule has 4 heterocycles. The first kappa shape index (κ1) is 25.8. The molecule has 1 aliphatic rings. The Kier molecular flexibility index (Phi) is 6.78. The van der Waals surface area contributed by atoms with E-state index in [1.165, 1.54) is 39.0 Å². The zero-order chi connectivity index (χ0) is 28.5.